The van der Waals surface area contributed by atoms with E-state index in [-0.39, 0.29) is 30.8 Å². The van der Waals surface area contributed by atoms with E-state index in [0.717, 1.165) is 103 Å². The Kier molecular flexibility index (Phi) is 42.6. The molecule has 0 unspecified atom stereocenters. The van der Waals surface area contributed by atoms with Gasteiger partial charge in [0.25, 0.3) is 0 Å². The first kappa shape index (κ1) is 61.9. The normalized spacial score (nSPS) is 12.3. The second kappa shape index (κ2) is 43.4. The van der Waals surface area contributed by atoms with E-state index in [1.54, 1.807) is 0 Å². The molecule has 0 aromatic carbocycles. The minimum absolute atomic E-state index is 0.00869. The number of hydrogen-bond acceptors (Lipinski definition) is 6. The molecule has 0 atom stereocenters. The van der Waals surface area contributed by atoms with Gasteiger partial charge >= 0.3 is 11.9 Å². The molecule has 0 rings (SSSR count). The van der Waals surface area contributed by atoms with Crippen LogP contribution in [0.4, 0.5) is 0 Å². The molecule has 0 saturated carbocycles. The number of rotatable bonds is 49. The highest BCUT2D eigenvalue weighted by molar-refractivity contribution is 5.76. The van der Waals surface area contributed by atoms with E-state index in [0.29, 0.717) is 0 Å². The van der Waals surface area contributed by atoms with Crippen molar-refractivity contribution in [2.75, 3.05) is 26.2 Å². The fourth-order valence-electron chi connectivity index (χ4n) is 9.10. The third-order valence-electron chi connectivity index (χ3n) is 13.9. The summed E-state index contributed by atoms with van der Waals surface area (Å²) < 4.78 is 12.6. The monoisotopic (exact) mass is 892 g/mol. The summed E-state index contributed by atoms with van der Waals surface area (Å²) in [6, 6.07) is 0. The SMILES string of the molecule is CCCCCCCCC(CCCCCCCC)OC(=O)C(C)(C)CCCCCCN(CCCO)CCCCCCC(C)(C)C(=O)OC(CCCCCCCC)CCCCCCCC. The molecule has 0 heterocycles. The molecule has 0 aromatic rings. The third kappa shape index (κ3) is 37.6. The van der Waals surface area contributed by atoms with Crippen LogP contribution < -0.4 is 0 Å². The number of aliphatic hydroxyl groups is 1. The molecule has 63 heavy (non-hydrogen) atoms. The van der Waals surface area contributed by atoms with Gasteiger partial charge < -0.3 is 19.5 Å². The van der Waals surface area contributed by atoms with Gasteiger partial charge in [-0.15, -0.1) is 0 Å². The van der Waals surface area contributed by atoms with E-state index in [2.05, 4.69) is 60.3 Å². The molecular weight excluding hydrogens is 779 g/mol. The largest absolute Gasteiger partial charge is 0.462 e. The number of aliphatic hydroxyl groups excluding tert-OH is 1. The van der Waals surface area contributed by atoms with Crippen LogP contribution in [0.2, 0.25) is 0 Å². The Hall–Kier alpha value is -1.14. The van der Waals surface area contributed by atoms with E-state index in [4.69, 9.17) is 9.47 Å². The maximum Gasteiger partial charge on any atom is 0.311 e. The molecule has 6 nitrogen and oxygen atoms in total. The average Bonchev–Trinajstić information content (AvgIpc) is 3.26. The second-order valence-electron chi connectivity index (χ2n) is 21.3. The zero-order chi connectivity index (χ0) is 46.7. The molecule has 1 N–H and O–H groups in total. The summed E-state index contributed by atoms with van der Waals surface area (Å²) in [5.41, 5.74) is -0.877. The summed E-state index contributed by atoms with van der Waals surface area (Å²) in [5, 5.41) is 9.58. The van der Waals surface area contributed by atoms with Crippen molar-refractivity contribution in [1.29, 1.82) is 0 Å². The van der Waals surface area contributed by atoms with Gasteiger partial charge in [-0.2, -0.15) is 0 Å². The van der Waals surface area contributed by atoms with Crippen LogP contribution in [0.1, 0.15) is 306 Å². The Labute approximate surface area is 394 Å². The molecule has 0 aromatic heterocycles. The minimum atomic E-state index is -0.438. The highest BCUT2D eigenvalue weighted by atomic mass is 16.5. The van der Waals surface area contributed by atoms with E-state index < -0.39 is 10.8 Å². The first-order valence-corrected chi connectivity index (χ1v) is 28.2. The maximum absolute atomic E-state index is 13.5. The molecular formula is C57H113NO5. The molecule has 0 saturated heterocycles. The van der Waals surface area contributed by atoms with Gasteiger partial charge in [-0.3, -0.25) is 9.59 Å². The number of carbonyl (C=O) groups excluding carboxylic acids is 2. The van der Waals surface area contributed by atoms with Crippen molar-refractivity contribution in [3.8, 4) is 0 Å². The quantitative estimate of drug-likeness (QED) is 0.0484. The van der Waals surface area contributed by atoms with Crippen molar-refractivity contribution >= 4 is 11.9 Å². The smallest absolute Gasteiger partial charge is 0.311 e. The highest BCUT2D eigenvalue weighted by Crippen LogP contribution is 2.30. The highest BCUT2D eigenvalue weighted by Gasteiger charge is 2.32. The van der Waals surface area contributed by atoms with E-state index in [1.165, 1.54) is 167 Å². The van der Waals surface area contributed by atoms with Crippen LogP contribution in [0.3, 0.4) is 0 Å². The molecule has 0 aliphatic carbocycles. The topological polar surface area (TPSA) is 76.1 Å². The molecule has 0 spiro atoms. The molecule has 6 heteroatoms. The second-order valence-corrected chi connectivity index (χ2v) is 21.3. The van der Waals surface area contributed by atoms with Gasteiger partial charge in [0.1, 0.15) is 12.2 Å². The van der Waals surface area contributed by atoms with Gasteiger partial charge in [0.15, 0.2) is 0 Å². The van der Waals surface area contributed by atoms with Gasteiger partial charge in [0, 0.05) is 13.2 Å². The van der Waals surface area contributed by atoms with Gasteiger partial charge in [-0.1, -0.05) is 195 Å². The molecule has 0 aliphatic rings. The average molecular weight is 893 g/mol. The van der Waals surface area contributed by atoms with Crippen LogP contribution in [0, 0.1) is 10.8 Å². The van der Waals surface area contributed by atoms with Crippen LogP contribution in [-0.2, 0) is 19.1 Å². The number of esters is 2. The number of unbranched alkanes of at least 4 members (excludes halogenated alkanes) is 26. The third-order valence-corrected chi connectivity index (χ3v) is 13.9. The van der Waals surface area contributed by atoms with Gasteiger partial charge in [-0.05, 0) is 124 Å². The summed E-state index contributed by atoms with van der Waals surface area (Å²) in [5.74, 6) is 0.0174. The summed E-state index contributed by atoms with van der Waals surface area (Å²) >= 11 is 0. The molecule has 0 amide bonds. The van der Waals surface area contributed by atoms with Crippen LogP contribution in [-0.4, -0.2) is 60.4 Å². The van der Waals surface area contributed by atoms with Crippen molar-refractivity contribution in [3.05, 3.63) is 0 Å². The standard InChI is InChI=1S/C57H113NO5/c1-9-13-17-21-25-33-42-52(43-34-26-22-18-14-10-2)62-54(60)56(5,6)46-37-29-31-39-48-58(50-41-51-59)49-40-32-30-38-47-57(7,8)55(61)63-53(44-35-27-23-19-15-11-3)45-36-28-24-20-16-12-4/h52-53,59H,9-51H2,1-8H3. The predicted octanol–water partition coefficient (Wildman–Crippen LogP) is 17.5. The lowest BCUT2D eigenvalue weighted by Gasteiger charge is -2.27. The number of carbonyl (C=O) groups is 2. The van der Waals surface area contributed by atoms with E-state index in [1.807, 2.05) is 0 Å². The number of hydrogen-bond donors (Lipinski definition) is 1. The van der Waals surface area contributed by atoms with Crippen LogP contribution in [0.5, 0.6) is 0 Å². The summed E-state index contributed by atoms with van der Waals surface area (Å²) in [6.07, 6.45) is 46.5. The number of nitrogens with zero attached hydrogens (tertiary/aromatic N) is 1. The van der Waals surface area contributed by atoms with Crippen molar-refractivity contribution in [3.63, 3.8) is 0 Å². The maximum atomic E-state index is 13.5. The van der Waals surface area contributed by atoms with Crippen molar-refractivity contribution in [2.24, 2.45) is 10.8 Å². The Morgan fingerprint density at radius 3 is 0.937 bits per heavy atom. The number of ether oxygens (including phenoxy) is 2. The lowest BCUT2D eigenvalue weighted by Crippen LogP contribution is -2.31. The Bertz CT molecular complexity index is 891. The fourth-order valence-corrected chi connectivity index (χ4v) is 9.10. The molecule has 0 bridgehead atoms. The molecule has 0 aliphatic heterocycles. The van der Waals surface area contributed by atoms with Gasteiger partial charge in [0.05, 0.1) is 10.8 Å². The minimum Gasteiger partial charge on any atom is -0.462 e. The lowest BCUT2D eigenvalue weighted by atomic mass is 9.86. The van der Waals surface area contributed by atoms with Crippen molar-refractivity contribution in [2.45, 2.75) is 318 Å². The van der Waals surface area contributed by atoms with E-state index >= 15 is 0 Å². The molecule has 0 fully saturated rings. The zero-order valence-electron chi connectivity index (χ0n) is 44.1. The fraction of sp³-hybridized carbons (Fsp3) is 0.965. The Morgan fingerprint density at radius 1 is 0.381 bits per heavy atom. The Morgan fingerprint density at radius 2 is 0.635 bits per heavy atom. The predicted molar refractivity (Wildman–Crippen MR) is 274 cm³/mol. The van der Waals surface area contributed by atoms with Gasteiger partial charge in [-0.25, -0.2) is 0 Å². The van der Waals surface area contributed by atoms with Crippen LogP contribution in [0.15, 0.2) is 0 Å². The summed E-state index contributed by atoms with van der Waals surface area (Å²) in [7, 11) is 0. The summed E-state index contributed by atoms with van der Waals surface area (Å²) in [6.45, 7) is 20.8. The van der Waals surface area contributed by atoms with Crippen LogP contribution in [0.25, 0.3) is 0 Å². The van der Waals surface area contributed by atoms with Gasteiger partial charge in [0.2, 0.25) is 0 Å². The van der Waals surface area contributed by atoms with Crippen LogP contribution >= 0.6 is 0 Å². The van der Waals surface area contributed by atoms with E-state index in [9.17, 15) is 14.7 Å². The lowest BCUT2D eigenvalue weighted by molar-refractivity contribution is -0.161. The first-order chi connectivity index (χ1) is 30.5. The Balaban J connectivity index is 4.67. The molecule has 0 radical (unpaired) electrons. The zero-order valence-corrected chi connectivity index (χ0v) is 44.1. The molecule has 376 valence electrons. The van der Waals surface area contributed by atoms with Crippen molar-refractivity contribution < 1.29 is 24.2 Å². The van der Waals surface area contributed by atoms with Crippen molar-refractivity contribution in [1.82, 2.24) is 4.90 Å². The first-order valence-electron chi connectivity index (χ1n) is 28.2. The summed E-state index contributed by atoms with van der Waals surface area (Å²) in [4.78, 5) is 29.5.